The van der Waals surface area contributed by atoms with Gasteiger partial charge in [-0.05, 0) is 13.8 Å². The standard InChI is InChI=1S/C8H19N3O2S/c1-7-6-11(8(2)5-10-7)3-4-14(9,12)13/h7-8,10H,3-6H2,1-2H3,(H2,9,12,13). The maximum Gasteiger partial charge on any atom is 0.210 e. The molecule has 6 heteroatoms. The number of piperazine rings is 1. The Kier molecular flexibility index (Phi) is 3.88. The summed E-state index contributed by atoms with van der Waals surface area (Å²) in [7, 11) is -3.33. The normalized spacial score (nSPS) is 30.5. The lowest BCUT2D eigenvalue weighted by atomic mass is 10.1. The van der Waals surface area contributed by atoms with Crippen LogP contribution in [0.15, 0.2) is 0 Å². The van der Waals surface area contributed by atoms with E-state index in [1.807, 2.05) is 0 Å². The van der Waals surface area contributed by atoms with Crippen molar-refractivity contribution in [2.24, 2.45) is 5.14 Å². The third-order valence-corrected chi connectivity index (χ3v) is 3.31. The van der Waals surface area contributed by atoms with Crippen molar-refractivity contribution < 1.29 is 8.42 Å². The van der Waals surface area contributed by atoms with E-state index in [2.05, 4.69) is 24.1 Å². The molecule has 84 valence electrons. The highest BCUT2D eigenvalue weighted by Gasteiger charge is 2.22. The van der Waals surface area contributed by atoms with E-state index in [1.54, 1.807) is 0 Å². The molecule has 2 atom stereocenters. The first-order valence-corrected chi connectivity index (χ1v) is 6.58. The highest BCUT2D eigenvalue weighted by atomic mass is 32.2. The molecule has 0 aliphatic carbocycles. The number of nitrogens with two attached hydrogens (primary N) is 1. The number of nitrogens with one attached hydrogen (secondary N) is 1. The zero-order valence-electron chi connectivity index (χ0n) is 8.73. The predicted molar refractivity (Wildman–Crippen MR) is 56.5 cm³/mol. The van der Waals surface area contributed by atoms with Crippen LogP contribution in [0.2, 0.25) is 0 Å². The van der Waals surface area contributed by atoms with Gasteiger partial charge in [-0.15, -0.1) is 0 Å². The summed E-state index contributed by atoms with van der Waals surface area (Å²) in [6, 6.07) is 0.805. The van der Waals surface area contributed by atoms with Crippen LogP contribution in [0.5, 0.6) is 0 Å². The molecule has 14 heavy (non-hydrogen) atoms. The second kappa shape index (κ2) is 4.57. The van der Waals surface area contributed by atoms with Crippen LogP contribution in [0, 0.1) is 0 Å². The Bertz CT molecular complexity index is 278. The summed E-state index contributed by atoms with van der Waals surface area (Å²) < 4.78 is 21.6. The van der Waals surface area contributed by atoms with Crippen LogP contribution in [0.4, 0.5) is 0 Å². The molecule has 5 nitrogen and oxygen atoms in total. The largest absolute Gasteiger partial charge is 0.311 e. The van der Waals surface area contributed by atoms with Crippen molar-refractivity contribution in [1.82, 2.24) is 10.2 Å². The van der Waals surface area contributed by atoms with E-state index in [0.29, 0.717) is 18.6 Å². The fraction of sp³-hybridized carbons (Fsp3) is 1.00. The quantitative estimate of drug-likeness (QED) is 0.638. The Balaban J connectivity index is 2.42. The number of primary sulfonamides is 1. The summed E-state index contributed by atoms with van der Waals surface area (Å²) in [5, 5.41) is 8.30. The Morgan fingerprint density at radius 1 is 1.50 bits per heavy atom. The zero-order chi connectivity index (χ0) is 10.8. The van der Waals surface area contributed by atoms with Gasteiger partial charge in [0.1, 0.15) is 0 Å². The van der Waals surface area contributed by atoms with Crippen LogP contribution in [0.1, 0.15) is 13.8 Å². The third-order valence-electron chi connectivity index (χ3n) is 2.56. The first-order valence-electron chi connectivity index (χ1n) is 4.86. The van der Waals surface area contributed by atoms with Crippen molar-refractivity contribution >= 4 is 10.0 Å². The number of nitrogens with zero attached hydrogens (tertiary/aromatic N) is 1. The molecule has 1 saturated heterocycles. The molecular weight excluding hydrogens is 202 g/mol. The van der Waals surface area contributed by atoms with Crippen LogP contribution in [0.3, 0.4) is 0 Å². The van der Waals surface area contributed by atoms with Crippen LogP contribution < -0.4 is 10.5 Å². The van der Waals surface area contributed by atoms with E-state index in [0.717, 1.165) is 13.1 Å². The summed E-state index contributed by atoms with van der Waals surface area (Å²) in [4.78, 5) is 2.16. The van der Waals surface area contributed by atoms with Crippen molar-refractivity contribution in [3.05, 3.63) is 0 Å². The Morgan fingerprint density at radius 2 is 2.14 bits per heavy atom. The Labute approximate surface area is 85.7 Å². The Hall–Kier alpha value is -0.170. The predicted octanol–water partition coefficient (Wildman–Crippen LogP) is -1.04. The summed E-state index contributed by atoms with van der Waals surface area (Å²) in [5.74, 6) is 0.0457. The van der Waals surface area contributed by atoms with Crippen molar-refractivity contribution in [3.8, 4) is 0 Å². The molecule has 1 fully saturated rings. The summed E-state index contributed by atoms with van der Waals surface area (Å²) >= 11 is 0. The first-order chi connectivity index (χ1) is 6.38. The van der Waals surface area contributed by atoms with E-state index < -0.39 is 10.0 Å². The first kappa shape index (κ1) is 11.9. The minimum Gasteiger partial charge on any atom is -0.311 e. The molecule has 0 saturated carbocycles. The maximum atomic E-state index is 10.8. The van der Waals surface area contributed by atoms with E-state index in [-0.39, 0.29) is 5.75 Å². The minimum atomic E-state index is -3.33. The number of hydrogen-bond acceptors (Lipinski definition) is 4. The Morgan fingerprint density at radius 3 is 2.71 bits per heavy atom. The van der Waals surface area contributed by atoms with Gasteiger partial charge >= 0.3 is 0 Å². The molecule has 0 aromatic carbocycles. The summed E-state index contributed by atoms with van der Waals surface area (Å²) in [6.07, 6.45) is 0. The number of rotatable bonds is 3. The van der Waals surface area contributed by atoms with Gasteiger partial charge in [0.05, 0.1) is 5.75 Å². The molecule has 0 aromatic heterocycles. The van der Waals surface area contributed by atoms with Gasteiger partial charge in [-0.2, -0.15) is 0 Å². The molecular formula is C8H19N3O2S. The van der Waals surface area contributed by atoms with Crippen LogP contribution in [-0.4, -0.2) is 50.8 Å². The smallest absolute Gasteiger partial charge is 0.210 e. The molecule has 1 rings (SSSR count). The van der Waals surface area contributed by atoms with E-state index >= 15 is 0 Å². The van der Waals surface area contributed by atoms with Gasteiger partial charge in [-0.3, -0.25) is 4.90 Å². The molecule has 0 bridgehead atoms. The zero-order valence-corrected chi connectivity index (χ0v) is 9.55. The van der Waals surface area contributed by atoms with Gasteiger partial charge in [-0.1, -0.05) is 0 Å². The van der Waals surface area contributed by atoms with Gasteiger partial charge in [0, 0.05) is 31.7 Å². The monoisotopic (exact) mass is 221 g/mol. The lowest BCUT2D eigenvalue weighted by molar-refractivity contribution is 0.155. The van der Waals surface area contributed by atoms with Crippen molar-refractivity contribution in [2.45, 2.75) is 25.9 Å². The van der Waals surface area contributed by atoms with Gasteiger partial charge in [0.25, 0.3) is 0 Å². The molecule has 0 aromatic rings. The van der Waals surface area contributed by atoms with Gasteiger partial charge < -0.3 is 5.32 Å². The van der Waals surface area contributed by atoms with Gasteiger partial charge in [0.15, 0.2) is 0 Å². The molecule has 2 unspecified atom stereocenters. The molecule has 0 amide bonds. The van der Waals surface area contributed by atoms with Crippen molar-refractivity contribution in [3.63, 3.8) is 0 Å². The fourth-order valence-electron chi connectivity index (χ4n) is 1.65. The SMILES string of the molecule is CC1CN(CCS(N)(=O)=O)C(C)CN1. The van der Waals surface area contributed by atoms with E-state index in [1.165, 1.54) is 0 Å². The third kappa shape index (κ3) is 3.91. The molecule has 1 aliphatic rings. The highest BCUT2D eigenvalue weighted by Crippen LogP contribution is 2.05. The number of hydrogen-bond donors (Lipinski definition) is 2. The van der Waals surface area contributed by atoms with Crippen LogP contribution in [0.25, 0.3) is 0 Å². The minimum absolute atomic E-state index is 0.0457. The van der Waals surface area contributed by atoms with Crippen LogP contribution >= 0.6 is 0 Å². The highest BCUT2D eigenvalue weighted by molar-refractivity contribution is 7.89. The van der Waals surface area contributed by atoms with Crippen molar-refractivity contribution in [1.29, 1.82) is 0 Å². The topological polar surface area (TPSA) is 75.4 Å². The molecule has 0 radical (unpaired) electrons. The molecule has 1 heterocycles. The lowest BCUT2D eigenvalue weighted by Crippen LogP contribution is -2.55. The second-order valence-electron chi connectivity index (χ2n) is 4.02. The van der Waals surface area contributed by atoms with Gasteiger partial charge in [0.2, 0.25) is 10.0 Å². The summed E-state index contributed by atoms with van der Waals surface area (Å²) in [5.41, 5.74) is 0. The molecule has 3 N–H and O–H groups in total. The fourth-order valence-corrected chi connectivity index (χ4v) is 2.14. The van der Waals surface area contributed by atoms with Crippen molar-refractivity contribution in [2.75, 3.05) is 25.4 Å². The van der Waals surface area contributed by atoms with E-state index in [4.69, 9.17) is 5.14 Å². The summed E-state index contributed by atoms with van der Waals surface area (Å²) in [6.45, 7) is 6.51. The average Bonchev–Trinajstić information content (AvgIpc) is 2.05. The number of sulfonamides is 1. The van der Waals surface area contributed by atoms with Crippen LogP contribution in [-0.2, 0) is 10.0 Å². The second-order valence-corrected chi connectivity index (χ2v) is 5.75. The van der Waals surface area contributed by atoms with Gasteiger partial charge in [-0.25, -0.2) is 13.6 Å². The lowest BCUT2D eigenvalue weighted by Gasteiger charge is -2.37. The maximum absolute atomic E-state index is 10.8. The molecule has 1 aliphatic heterocycles. The van der Waals surface area contributed by atoms with E-state index in [9.17, 15) is 8.42 Å². The molecule has 0 spiro atoms. The average molecular weight is 221 g/mol.